The van der Waals surface area contributed by atoms with E-state index >= 15 is 0 Å². The molecular weight excluding hydrogens is 814 g/mol. The number of aromatic nitrogens is 2. The molecule has 3 heterocycles. The Morgan fingerprint density at radius 2 is 1.00 bits per heavy atom. The van der Waals surface area contributed by atoms with Crippen molar-refractivity contribution in [3.05, 3.63) is 181 Å². The lowest BCUT2D eigenvalue weighted by Crippen LogP contribution is -2.65. The molecule has 0 atom stereocenters. The second-order valence-corrected chi connectivity index (χ2v) is 21.7. The minimum Gasteiger partial charge on any atom is -0.508 e. The van der Waals surface area contributed by atoms with Gasteiger partial charge in [0.25, 0.3) is 6.71 Å². The molecule has 4 saturated carbocycles. The zero-order valence-electron chi connectivity index (χ0n) is 38.6. The summed E-state index contributed by atoms with van der Waals surface area (Å²) in [7, 11) is 0. The summed E-state index contributed by atoms with van der Waals surface area (Å²) in [5, 5.41) is 18.0. The van der Waals surface area contributed by atoms with Gasteiger partial charge >= 0.3 is 0 Å². The number of para-hydroxylation sites is 4. The highest BCUT2D eigenvalue weighted by Gasteiger charge is 2.56. The zero-order chi connectivity index (χ0) is 44.8. The predicted octanol–water partition coefficient (Wildman–Crippen LogP) is 13.5. The molecule has 4 bridgehead atoms. The Morgan fingerprint density at radius 3 is 1.52 bits per heavy atom. The molecule has 67 heavy (non-hydrogen) atoms. The quantitative estimate of drug-likeness (QED) is 0.175. The van der Waals surface area contributed by atoms with Crippen molar-refractivity contribution in [2.24, 2.45) is 17.8 Å². The zero-order valence-corrected chi connectivity index (χ0v) is 38.6. The Balaban J connectivity index is 1.04. The molecule has 4 nitrogen and oxygen atoms in total. The third-order valence-electron chi connectivity index (χ3n) is 16.7. The van der Waals surface area contributed by atoms with Crippen LogP contribution >= 0.6 is 0 Å². The average Bonchev–Trinajstić information content (AvgIpc) is 3.85. The minimum atomic E-state index is -0.215. The molecule has 0 amide bonds. The first-order chi connectivity index (χ1) is 32.7. The Kier molecular flexibility index (Phi) is 8.35. The normalized spacial score (nSPS) is 20.9. The van der Waals surface area contributed by atoms with E-state index in [9.17, 15) is 5.11 Å². The van der Waals surface area contributed by atoms with Crippen molar-refractivity contribution in [1.82, 2.24) is 9.13 Å². The van der Waals surface area contributed by atoms with E-state index in [1.807, 2.05) is 0 Å². The van der Waals surface area contributed by atoms with Crippen LogP contribution in [0, 0.1) is 17.8 Å². The molecule has 5 heteroatoms. The number of nitrogens with zero attached hydrogens (tertiary/aromatic N) is 3. The summed E-state index contributed by atoms with van der Waals surface area (Å²) in [5.41, 5.74) is 16.5. The van der Waals surface area contributed by atoms with Gasteiger partial charge in [-0.05, 0) is 150 Å². The van der Waals surface area contributed by atoms with Gasteiger partial charge in [0.2, 0.25) is 0 Å². The molecule has 4 aliphatic carbocycles. The van der Waals surface area contributed by atoms with Crippen LogP contribution < -0.4 is 21.3 Å². The van der Waals surface area contributed by atoms with Crippen molar-refractivity contribution >= 4 is 78.1 Å². The largest absolute Gasteiger partial charge is 0.508 e. The van der Waals surface area contributed by atoms with Crippen molar-refractivity contribution in [1.29, 1.82) is 0 Å². The first kappa shape index (κ1) is 39.2. The smallest absolute Gasteiger partial charge is 0.251 e. The highest BCUT2D eigenvalue weighted by atomic mass is 16.3. The average molecular weight is 868 g/mol. The van der Waals surface area contributed by atoms with Crippen LogP contribution in [-0.2, 0) is 5.41 Å². The van der Waals surface area contributed by atoms with Gasteiger partial charge in [-0.3, -0.25) is 0 Å². The number of anilines is 2. The highest BCUT2D eigenvalue weighted by molar-refractivity contribution is 6.98. The summed E-state index contributed by atoms with van der Waals surface area (Å²) >= 11 is 0. The third kappa shape index (κ3) is 5.86. The van der Waals surface area contributed by atoms with Crippen LogP contribution in [0.1, 0.15) is 64.9 Å². The first-order valence-corrected chi connectivity index (χ1v) is 24.7. The first-order valence-electron chi connectivity index (χ1n) is 24.7. The van der Waals surface area contributed by atoms with E-state index in [-0.39, 0.29) is 17.7 Å². The lowest BCUT2D eigenvalue weighted by atomic mass is 9.34. The van der Waals surface area contributed by atoms with E-state index in [1.54, 1.807) is 0 Å². The van der Waals surface area contributed by atoms with Crippen molar-refractivity contribution in [3.63, 3.8) is 0 Å². The number of hydrogen-bond donors (Lipinski definition) is 1. The van der Waals surface area contributed by atoms with Gasteiger partial charge in [-0.1, -0.05) is 141 Å². The lowest BCUT2D eigenvalue weighted by Gasteiger charge is -2.62. The van der Waals surface area contributed by atoms with Crippen LogP contribution in [-0.4, -0.2) is 26.5 Å². The van der Waals surface area contributed by atoms with E-state index in [4.69, 9.17) is 0 Å². The van der Waals surface area contributed by atoms with Gasteiger partial charge < -0.3 is 19.1 Å². The maximum Gasteiger partial charge on any atom is 0.251 e. The Bertz CT molecular complexity index is 3500. The van der Waals surface area contributed by atoms with E-state index in [0.717, 1.165) is 45.7 Å². The van der Waals surface area contributed by atoms with Crippen molar-refractivity contribution in [2.45, 2.75) is 70.3 Å². The number of rotatable bonds is 5. The molecular formula is C62H54BN3O. The van der Waals surface area contributed by atoms with Gasteiger partial charge in [0.05, 0.1) is 22.1 Å². The summed E-state index contributed by atoms with van der Waals surface area (Å²) in [4.78, 5) is 2.82. The predicted molar refractivity (Wildman–Crippen MR) is 282 cm³/mol. The number of benzene rings is 8. The summed E-state index contributed by atoms with van der Waals surface area (Å²) in [6, 6.07) is 65.4. The fourth-order valence-corrected chi connectivity index (χ4v) is 14.3. The van der Waals surface area contributed by atoms with Gasteiger partial charge in [-0.25, -0.2) is 0 Å². The molecule has 0 unspecified atom stereocenters. The van der Waals surface area contributed by atoms with E-state index < -0.39 is 0 Å². The van der Waals surface area contributed by atoms with Gasteiger partial charge in [0.15, 0.2) is 0 Å². The van der Waals surface area contributed by atoms with Crippen LogP contribution in [0.2, 0.25) is 0 Å². The number of phenolic OH excluding ortho intramolecular Hbond substituents is 1. The molecule has 0 radical (unpaired) electrons. The fourth-order valence-electron chi connectivity index (χ4n) is 14.3. The number of phenols is 1. The number of fused-ring (bicyclic) bond motifs is 8. The van der Waals surface area contributed by atoms with Crippen molar-refractivity contribution in [2.75, 3.05) is 4.90 Å². The lowest BCUT2D eigenvalue weighted by molar-refractivity contribution is 0.000634. The van der Waals surface area contributed by atoms with Gasteiger partial charge in [-0.15, -0.1) is 0 Å². The standard InChI is InChI=1S/C62H54BN3O/c1-61(2,3)44-25-23-42(24-26-44)43-32-58-60(59(67)33-43)63(45-13-12-14-46(34-45)64-53-19-8-4-15-48(53)49-16-5-9-20-54(49)64)52-28-27-47(65-55-21-10-6-17-50(55)51-18-7-11-22-56(51)65)35-57(52)66(58)62-36-39-29-40(37-62)31-41(30-39)38-62/h4-28,32-35,39-41,67H,29-31,36-38H2,1-3H3. The molecule has 1 aliphatic heterocycles. The van der Waals surface area contributed by atoms with Crippen LogP contribution in [0.5, 0.6) is 5.75 Å². The van der Waals surface area contributed by atoms with Crippen LogP contribution in [0.25, 0.3) is 66.1 Å². The summed E-state index contributed by atoms with van der Waals surface area (Å²) in [6.45, 7) is 6.61. The second kappa shape index (κ2) is 14.3. The Morgan fingerprint density at radius 1 is 0.493 bits per heavy atom. The molecule has 1 N–H and O–H groups in total. The summed E-state index contributed by atoms with van der Waals surface area (Å²) in [5.74, 6) is 2.58. The van der Waals surface area contributed by atoms with Crippen LogP contribution in [0.4, 0.5) is 11.4 Å². The van der Waals surface area contributed by atoms with Gasteiger partial charge in [-0.2, -0.15) is 0 Å². The van der Waals surface area contributed by atoms with Crippen LogP contribution in [0.15, 0.2) is 176 Å². The Labute approximate surface area is 393 Å². The molecule has 15 rings (SSSR count). The molecule has 8 aromatic carbocycles. The SMILES string of the molecule is CC(C)(C)c1ccc(-c2cc(O)c3c(c2)N(C24CC5CC(CC(C5)C2)C4)c2cc(-n4c5ccccc5c5ccccc54)ccc2B3c2cccc(-n3c4ccccc4c4ccccc43)c2)cc1. The molecule has 326 valence electrons. The fraction of sp³-hybridized carbons (Fsp3) is 0.226. The minimum absolute atomic E-state index is 0.0462. The molecule has 0 spiro atoms. The molecule has 4 fully saturated rings. The number of aromatic hydroxyl groups is 1. The van der Waals surface area contributed by atoms with Crippen LogP contribution in [0.3, 0.4) is 0 Å². The van der Waals surface area contributed by atoms with E-state index in [2.05, 4.69) is 211 Å². The van der Waals surface area contributed by atoms with Crippen molar-refractivity contribution < 1.29 is 5.11 Å². The number of hydrogen-bond acceptors (Lipinski definition) is 2. The summed E-state index contributed by atoms with van der Waals surface area (Å²) in [6.07, 6.45) is 7.65. The second-order valence-electron chi connectivity index (χ2n) is 21.7. The van der Waals surface area contributed by atoms with Gasteiger partial charge in [0, 0.05) is 49.8 Å². The van der Waals surface area contributed by atoms with Crippen molar-refractivity contribution in [3.8, 4) is 28.3 Å². The molecule has 10 aromatic rings. The van der Waals surface area contributed by atoms with E-state index in [0.29, 0.717) is 5.75 Å². The van der Waals surface area contributed by atoms with E-state index in [1.165, 1.54) is 110 Å². The highest BCUT2D eigenvalue weighted by Crippen LogP contribution is 2.60. The summed E-state index contributed by atoms with van der Waals surface area (Å²) < 4.78 is 4.91. The topological polar surface area (TPSA) is 33.3 Å². The maximum absolute atomic E-state index is 13.0. The Hall–Kier alpha value is -6.98. The van der Waals surface area contributed by atoms with Gasteiger partial charge in [0.1, 0.15) is 5.75 Å². The third-order valence-corrected chi connectivity index (χ3v) is 16.7. The molecule has 0 saturated heterocycles. The molecule has 5 aliphatic rings. The monoisotopic (exact) mass is 867 g/mol. The molecule has 2 aromatic heterocycles. The maximum atomic E-state index is 13.0.